The zero-order valence-electron chi connectivity index (χ0n) is 10.1. The van der Waals surface area contributed by atoms with Crippen LogP contribution in [-0.4, -0.2) is 48.8 Å². The summed E-state index contributed by atoms with van der Waals surface area (Å²) >= 11 is 0. The van der Waals surface area contributed by atoms with Gasteiger partial charge in [-0.1, -0.05) is 6.42 Å². The van der Waals surface area contributed by atoms with E-state index in [9.17, 15) is 9.90 Å². The monoisotopic (exact) mass is 227 g/mol. The summed E-state index contributed by atoms with van der Waals surface area (Å²) in [6.45, 7) is 4.45. The van der Waals surface area contributed by atoms with Gasteiger partial charge in [-0.05, 0) is 38.4 Å². The average Bonchev–Trinajstić information content (AvgIpc) is 2.30. The van der Waals surface area contributed by atoms with Gasteiger partial charge in [0, 0.05) is 12.6 Å². The van der Waals surface area contributed by atoms with Crippen molar-refractivity contribution in [1.82, 2.24) is 4.90 Å². The van der Waals surface area contributed by atoms with Crippen LogP contribution in [0.25, 0.3) is 0 Å². The smallest absolute Gasteiger partial charge is 0.330 e. The first-order chi connectivity index (χ1) is 7.63. The first kappa shape index (κ1) is 13.2. The molecule has 16 heavy (non-hydrogen) atoms. The van der Waals surface area contributed by atoms with E-state index >= 15 is 0 Å². The molecule has 1 N–H and O–H groups in total. The predicted molar refractivity (Wildman–Crippen MR) is 62.1 cm³/mol. The molecule has 4 nitrogen and oxygen atoms in total. The van der Waals surface area contributed by atoms with Crippen LogP contribution in [0.15, 0.2) is 11.6 Å². The lowest BCUT2D eigenvalue weighted by Crippen LogP contribution is -2.36. The number of ether oxygens (including phenoxy) is 1. The molecule has 0 aromatic heterocycles. The second-order valence-corrected chi connectivity index (χ2v) is 4.29. The van der Waals surface area contributed by atoms with Gasteiger partial charge in [-0.15, -0.1) is 0 Å². The minimum atomic E-state index is -0.572. The summed E-state index contributed by atoms with van der Waals surface area (Å²) in [5, 5.41) is 9.90. The average molecular weight is 227 g/mol. The Morgan fingerprint density at radius 2 is 2.06 bits per heavy atom. The Labute approximate surface area is 96.9 Å². The summed E-state index contributed by atoms with van der Waals surface area (Å²) in [6, 6.07) is 0. The number of hydrogen-bond donors (Lipinski definition) is 1. The molecule has 1 unspecified atom stereocenters. The molecular weight excluding hydrogens is 206 g/mol. The van der Waals surface area contributed by atoms with E-state index in [1.807, 2.05) is 0 Å². The summed E-state index contributed by atoms with van der Waals surface area (Å²) in [6.07, 6.45) is 4.47. The second-order valence-electron chi connectivity index (χ2n) is 4.29. The lowest BCUT2D eigenvalue weighted by molar-refractivity contribution is -0.134. The van der Waals surface area contributed by atoms with Crippen LogP contribution in [-0.2, 0) is 9.53 Å². The van der Waals surface area contributed by atoms with Gasteiger partial charge >= 0.3 is 5.97 Å². The molecule has 0 aromatic rings. The van der Waals surface area contributed by atoms with Crippen LogP contribution in [0.4, 0.5) is 0 Å². The molecule has 1 atom stereocenters. The maximum Gasteiger partial charge on any atom is 0.330 e. The molecular formula is C12H21NO3. The minimum absolute atomic E-state index is 0.407. The topological polar surface area (TPSA) is 49.8 Å². The third kappa shape index (κ3) is 4.33. The highest BCUT2D eigenvalue weighted by Gasteiger charge is 2.16. The molecule has 1 saturated heterocycles. The quantitative estimate of drug-likeness (QED) is 0.574. The first-order valence-corrected chi connectivity index (χ1v) is 5.80. The van der Waals surface area contributed by atoms with Crippen molar-refractivity contribution in [2.24, 2.45) is 0 Å². The van der Waals surface area contributed by atoms with E-state index in [0.29, 0.717) is 12.1 Å². The number of aliphatic hydroxyl groups is 1. The molecule has 0 saturated carbocycles. The molecule has 0 amide bonds. The van der Waals surface area contributed by atoms with Crippen LogP contribution in [0.5, 0.6) is 0 Å². The largest absolute Gasteiger partial charge is 0.466 e. The first-order valence-electron chi connectivity index (χ1n) is 5.80. The number of hydrogen-bond acceptors (Lipinski definition) is 4. The van der Waals surface area contributed by atoms with Gasteiger partial charge < -0.3 is 14.7 Å². The molecule has 0 bridgehead atoms. The lowest BCUT2D eigenvalue weighted by atomic mass is 10.1. The van der Waals surface area contributed by atoms with Gasteiger partial charge in [0.1, 0.15) is 0 Å². The standard InChI is InChI=1S/C12H21NO3/c1-10(8-12(15)16-2)11(14)9-13-6-4-3-5-7-13/h8,11,14H,3-7,9H2,1-2H3. The molecule has 1 rings (SSSR count). The van der Waals surface area contributed by atoms with Crippen molar-refractivity contribution in [3.8, 4) is 0 Å². The number of likely N-dealkylation sites (tertiary alicyclic amines) is 1. The molecule has 0 aromatic carbocycles. The van der Waals surface area contributed by atoms with E-state index in [0.717, 1.165) is 13.1 Å². The number of esters is 1. The molecule has 1 aliphatic rings. The number of aliphatic hydroxyl groups excluding tert-OH is 1. The number of β-amino-alcohol motifs (C(OH)–C–C–N with tert-alkyl or cyclic N) is 1. The summed E-state index contributed by atoms with van der Waals surface area (Å²) in [5.41, 5.74) is 0.664. The predicted octanol–water partition coefficient (Wildman–Crippen LogP) is 0.952. The van der Waals surface area contributed by atoms with Gasteiger partial charge in [-0.3, -0.25) is 0 Å². The third-order valence-corrected chi connectivity index (χ3v) is 2.95. The van der Waals surface area contributed by atoms with Gasteiger partial charge in [-0.25, -0.2) is 4.79 Å². The normalized spacial score (nSPS) is 20.6. The van der Waals surface area contributed by atoms with Crippen molar-refractivity contribution in [3.63, 3.8) is 0 Å². The number of nitrogens with zero attached hydrogens (tertiary/aromatic N) is 1. The fraction of sp³-hybridized carbons (Fsp3) is 0.750. The summed E-state index contributed by atoms with van der Waals surface area (Å²) in [4.78, 5) is 13.2. The number of carbonyl (C=O) groups excluding carboxylic acids is 1. The molecule has 1 aliphatic heterocycles. The molecule has 1 fully saturated rings. The zero-order valence-corrected chi connectivity index (χ0v) is 10.1. The molecule has 0 radical (unpaired) electrons. The Morgan fingerprint density at radius 3 is 2.62 bits per heavy atom. The molecule has 92 valence electrons. The SMILES string of the molecule is COC(=O)C=C(C)C(O)CN1CCCCC1. The fourth-order valence-corrected chi connectivity index (χ4v) is 1.87. The van der Waals surface area contributed by atoms with E-state index in [2.05, 4.69) is 9.64 Å². The van der Waals surface area contributed by atoms with Crippen molar-refractivity contribution in [2.45, 2.75) is 32.3 Å². The Bertz CT molecular complexity index is 257. The highest BCUT2D eigenvalue weighted by atomic mass is 16.5. The van der Waals surface area contributed by atoms with Gasteiger partial charge in [0.15, 0.2) is 0 Å². The van der Waals surface area contributed by atoms with E-state index in [1.54, 1.807) is 6.92 Å². The van der Waals surface area contributed by atoms with Crippen LogP contribution >= 0.6 is 0 Å². The van der Waals surface area contributed by atoms with Crippen molar-refractivity contribution < 1.29 is 14.6 Å². The second kappa shape index (κ2) is 6.66. The minimum Gasteiger partial charge on any atom is -0.466 e. The van der Waals surface area contributed by atoms with Crippen LogP contribution < -0.4 is 0 Å². The van der Waals surface area contributed by atoms with Crippen LogP contribution in [0.1, 0.15) is 26.2 Å². The van der Waals surface area contributed by atoms with Crippen molar-refractivity contribution in [1.29, 1.82) is 0 Å². The number of carbonyl (C=O) groups is 1. The van der Waals surface area contributed by atoms with Gasteiger partial charge in [-0.2, -0.15) is 0 Å². The van der Waals surface area contributed by atoms with Gasteiger partial charge in [0.2, 0.25) is 0 Å². The van der Waals surface area contributed by atoms with Crippen molar-refractivity contribution in [2.75, 3.05) is 26.7 Å². The Balaban J connectivity index is 2.40. The molecule has 0 aliphatic carbocycles. The molecule has 0 spiro atoms. The number of methoxy groups -OCH3 is 1. The van der Waals surface area contributed by atoms with E-state index in [4.69, 9.17) is 0 Å². The Hall–Kier alpha value is -0.870. The lowest BCUT2D eigenvalue weighted by Gasteiger charge is -2.28. The van der Waals surface area contributed by atoms with E-state index in [1.165, 1.54) is 32.4 Å². The Kier molecular flexibility index (Phi) is 5.49. The highest BCUT2D eigenvalue weighted by Crippen LogP contribution is 2.11. The van der Waals surface area contributed by atoms with Crippen LogP contribution in [0, 0.1) is 0 Å². The molecule has 4 heteroatoms. The summed E-state index contributed by atoms with van der Waals surface area (Å²) < 4.78 is 4.52. The molecule has 1 heterocycles. The van der Waals surface area contributed by atoms with E-state index < -0.39 is 12.1 Å². The van der Waals surface area contributed by atoms with Crippen LogP contribution in [0.3, 0.4) is 0 Å². The van der Waals surface area contributed by atoms with Crippen LogP contribution in [0.2, 0.25) is 0 Å². The third-order valence-electron chi connectivity index (χ3n) is 2.95. The van der Waals surface area contributed by atoms with Gasteiger partial charge in [0.05, 0.1) is 13.2 Å². The van der Waals surface area contributed by atoms with E-state index in [-0.39, 0.29) is 0 Å². The maximum absolute atomic E-state index is 11.0. The van der Waals surface area contributed by atoms with Gasteiger partial charge in [0.25, 0.3) is 0 Å². The highest BCUT2D eigenvalue weighted by molar-refractivity contribution is 5.82. The van der Waals surface area contributed by atoms with Crippen molar-refractivity contribution in [3.05, 3.63) is 11.6 Å². The Morgan fingerprint density at radius 1 is 1.44 bits per heavy atom. The maximum atomic E-state index is 11.0. The fourth-order valence-electron chi connectivity index (χ4n) is 1.87. The zero-order chi connectivity index (χ0) is 12.0. The van der Waals surface area contributed by atoms with Crippen molar-refractivity contribution >= 4 is 5.97 Å². The number of rotatable bonds is 4. The summed E-state index contributed by atoms with van der Waals surface area (Å²) in [5.74, 6) is -0.407. The number of piperidine rings is 1. The summed E-state index contributed by atoms with van der Waals surface area (Å²) in [7, 11) is 1.34.